The number of benzene rings is 2. The highest BCUT2D eigenvalue weighted by atomic mass is 16.5. The summed E-state index contributed by atoms with van der Waals surface area (Å²) in [7, 11) is 0. The maximum absolute atomic E-state index is 11.2. The molecule has 0 saturated carbocycles. The van der Waals surface area contributed by atoms with E-state index < -0.39 is 23.4 Å². The second kappa shape index (κ2) is 10.1. The van der Waals surface area contributed by atoms with Crippen LogP contribution < -0.4 is 9.47 Å². The Balaban J connectivity index is 0.000000280. The Hall–Kier alpha value is -3.42. The van der Waals surface area contributed by atoms with Crippen molar-refractivity contribution in [3.63, 3.8) is 0 Å². The first-order chi connectivity index (χ1) is 13.0. The Labute approximate surface area is 162 Å². The average molecular weight is 392 g/mol. The zero-order chi connectivity index (χ0) is 21.4. The summed E-state index contributed by atoms with van der Waals surface area (Å²) in [6.45, 7) is 6.73. The van der Waals surface area contributed by atoms with Crippen molar-refractivity contribution in [1.29, 1.82) is 0 Å². The van der Waals surface area contributed by atoms with Crippen molar-refractivity contribution in [3.05, 3.63) is 36.4 Å². The number of carbonyl (C=O) groups is 2. The molecule has 2 aromatic carbocycles. The molecule has 2 aromatic rings. The summed E-state index contributed by atoms with van der Waals surface area (Å²) in [6, 6.07) is 8.41. The van der Waals surface area contributed by atoms with Gasteiger partial charge in [0.15, 0.2) is 23.0 Å². The van der Waals surface area contributed by atoms with Gasteiger partial charge in [-0.25, -0.2) is 0 Å². The highest BCUT2D eigenvalue weighted by Crippen LogP contribution is 2.35. The number of hydrogen-bond acceptors (Lipinski definition) is 8. The second-order valence-electron chi connectivity index (χ2n) is 6.40. The molecule has 0 aliphatic heterocycles. The summed E-state index contributed by atoms with van der Waals surface area (Å²) in [6.07, 6.45) is 0. The van der Waals surface area contributed by atoms with Crippen LogP contribution >= 0.6 is 0 Å². The van der Waals surface area contributed by atoms with Crippen LogP contribution in [0.15, 0.2) is 36.4 Å². The van der Waals surface area contributed by atoms with Gasteiger partial charge in [0, 0.05) is 0 Å². The number of phenolic OH excluding ortho intramolecular Hbond substituents is 4. The van der Waals surface area contributed by atoms with Crippen molar-refractivity contribution >= 4 is 11.9 Å². The molecule has 152 valence electrons. The summed E-state index contributed by atoms with van der Waals surface area (Å²) in [4.78, 5) is 22.3. The Morgan fingerprint density at radius 1 is 0.679 bits per heavy atom. The minimum atomic E-state index is -0.453. The molecule has 8 nitrogen and oxygen atoms in total. The van der Waals surface area contributed by atoms with Crippen molar-refractivity contribution < 1.29 is 39.5 Å². The van der Waals surface area contributed by atoms with Crippen LogP contribution in [-0.2, 0) is 9.59 Å². The molecule has 0 fully saturated rings. The number of carbonyl (C=O) groups excluding carboxylic acids is 2. The van der Waals surface area contributed by atoms with Crippen LogP contribution in [0.1, 0.15) is 27.7 Å². The summed E-state index contributed by atoms with van der Waals surface area (Å²) >= 11 is 0. The van der Waals surface area contributed by atoms with Gasteiger partial charge in [-0.1, -0.05) is 39.8 Å². The van der Waals surface area contributed by atoms with Crippen LogP contribution in [0, 0.1) is 11.8 Å². The van der Waals surface area contributed by atoms with Gasteiger partial charge in [0.2, 0.25) is 11.5 Å². The maximum atomic E-state index is 11.2. The molecule has 28 heavy (non-hydrogen) atoms. The van der Waals surface area contributed by atoms with Crippen LogP contribution in [0.2, 0.25) is 0 Å². The van der Waals surface area contributed by atoms with E-state index in [-0.39, 0.29) is 34.8 Å². The molecule has 0 aliphatic carbocycles. The molecule has 0 aromatic heterocycles. The molecule has 4 N–H and O–H groups in total. The van der Waals surface area contributed by atoms with Crippen LogP contribution in [0.25, 0.3) is 0 Å². The first kappa shape index (κ1) is 22.6. The molecule has 2 rings (SSSR count). The number of rotatable bonds is 4. The monoisotopic (exact) mass is 392 g/mol. The fourth-order valence-electron chi connectivity index (χ4n) is 1.64. The van der Waals surface area contributed by atoms with Crippen molar-refractivity contribution in [1.82, 2.24) is 0 Å². The van der Waals surface area contributed by atoms with E-state index in [1.54, 1.807) is 27.7 Å². The van der Waals surface area contributed by atoms with Crippen molar-refractivity contribution in [2.75, 3.05) is 0 Å². The molecular formula is C20H24O8. The largest absolute Gasteiger partial charge is 0.504 e. The summed E-state index contributed by atoms with van der Waals surface area (Å²) in [5, 5.41) is 36.8. The fourth-order valence-corrected chi connectivity index (χ4v) is 1.64. The SMILES string of the molecule is CC(C)C(=O)Oc1cccc(O)c1O.CC(C)C(=O)Oc1cccc(O)c1O. The molecule has 0 radical (unpaired) electrons. The highest BCUT2D eigenvalue weighted by molar-refractivity contribution is 5.76. The molecular weight excluding hydrogens is 368 g/mol. The summed E-state index contributed by atoms with van der Waals surface area (Å²) in [5.41, 5.74) is 0. The number of esters is 2. The molecule has 0 atom stereocenters. The highest BCUT2D eigenvalue weighted by Gasteiger charge is 2.15. The predicted molar refractivity (Wildman–Crippen MR) is 100 cm³/mol. The Bertz CT molecular complexity index is 757. The van der Waals surface area contributed by atoms with Crippen LogP contribution in [-0.4, -0.2) is 32.4 Å². The lowest BCUT2D eigenvalue weighted by Crippen LogP contribution is -2.14. The van der Waals surface area contributed by atoms with Gasteiger partial charge in [-0.15, -0.1) is 0 Å². The third-order valence-electron chi connectivity index (χ3n) is 3.32. The normalized spacial score (nSPS) is 10.2. The Morgan fingerprint density at radius 2 is 1.00 bits per heavy atom. The molecule has 0 spiro atoms. The zero-order valence-electron chi connectivity index (χ0n) is 16.0. The lowest BCUT2D eigenvalue weighted by Gasteiger charge is -2.08. The number of hydrogen-bond donors (Lipinski definition) is 4. The van der Waals surface area contributed by atoms with Crippen LogP contribution in [0.5, 0.6) is 34.5 Å². The lowest BCUT2D eigenvalue weighted by atomic mass is 10.2. The Kier molecular flexibility index (Phi) is 8.12. The first-order valence-corrected chi connectivity index (χ1v) is 8.49. The van der Waals surface area contributed by atoms with E-state index in [1.807, 2.05) is 0 Å². The quantitative estimate of drug-likeness (QED) is 0.354. The van der Waals surface area contributed by atoms with E-state index in [0.717, 1.165) is 0 Å². The molecule has 0 amide bonds. The molecule has 0 unspecified atom stereocenters. The standard InChI is InChI=1S/2C10H12O4/c2*1-6(2)10(13)14-8-5-3-4-7(11)9(8)12/h2*3-6,11-12H,1-2H3. The van der Waals surface area contributed by atoms with E-state index in [2.05, 4.69) is 0 Å². The zero-order valence-corrected chi connectivity index (χ0v) is 16.0. The van der Waals surface area contributed by atoms with Gasteiger partial charge in [0.25, 0.3) is 0 Å². The van der Waals surface area contributed by atoms with Crippen molar-refractivity contribution in [2.24, 2.45) is 11.8 Å². The van der Waals surface area contributed by atoms with Crippen LogP contribution in [0.3, 0.4) is 0 Å². The third kappa shape index (κ3) is 6.39. The third-order valence-corrected chi connectivity index (χ3v) is 3.32. The molecule has 0 heterocycles. The topological polar surface area (TPSA) is 134 Å². The minimum absolute atomic E-state index is 0.0244. The number of para-hydroxylation sites is 2. The number of phenols is 4. The average Bonchev–Trinajstić information content (AvgIpc) is 2.63. The summed E-state index contributed by atoms with van der Waals surface area (Å²) in [5.74, 6) is -2.96. The fraction of sp³-hybridized carbons (Fsp3) is 0.300. The molecule has 0 bridgehead atoms. The van der Waals surface area contributed by atoms with E-state index in [0.29, 0.717) is 0 Å². The number of aromatic hydroxyl groups is 4. The summed E-state index contributed by atoms with van der Waals surface area (Å²) < 4.78 is 9.68. The smallest absolute Gasteiger partial charge is 0.313 e. The predicted octanol–water partition coefficient (Wildman–Crippen LogP) is 3.32. The van der Waals surface area contributed by atoms with E-state index in [9.17, 15) is 19.8 Å². The van der Waals surface area contributed by atoms with E-state index in [1.165, 1.54) is 36.4 Å². The number of ether oxygens (including phenoxy) is 2. The van der Waals surface area contributed by atoms with Gasteiger partial charge in [-0.2, -0.15) is 0 Å². The molecule has 0 aliphatic rings. The van der Waals surface area contributed by atoms with Gasteiger partial charge < -0.3 is 29.9 Å². The molecule has 0 saturated heterocycles. The van der Waals surface area contributed by atoms with Gasteiger partial charge in [-0.3, -0.25) is 9.59 Å². The first-order valence-electron chi connectivity index (χ1n) is 8.49. The van der Waals surface area contributed by atoms with Gasteiger partial charge in [0.1, 0.15) is 0 Å². The van der Waals surface area contributed by atoms with E-state index in [4.69, 9.17) is 19.7 Å². The Morgan fingerprint density at radius 3 is 1.29 bits per heavy atom. The van der Waals surface area contributed by atoms with Crippen molar-refractivity contribution in [3.8, 4) is 34.5 Å². The van der Waals surface area contributed by atoms with Crippen molar-refractivity contribution in [2.45, 2.75) is 27.7 Å². The van der Waals surface area contributed by atoms with E-state index >= 15 is 0 Å². The van der Waals surface area contributed by atoms with Gasteiger partial charge in [-0.05, 0) is 24.3 Å². The van der Waals surface area contributed by atoms with Gasteiger partial charge in [0.05, 0.1) is 11.8 Å². The minimum Gasteiger partial charge on any atom is -0.504 e. The van der Waals surface area contributed by atoms with Gasteiger partial charge >= 0.3 is 11.9 Å². The maximum Gasteiger partial charge on any atom is 0.313 e. The molecule has 8 heteroatoms. The van der Waals surface area contributed by atoms with Crippen LogP contribution in [0.4, 0.5) is 0 Å². The second-order valence-corrected chi connectivity index (χ2v) is 6.40. The lowest BCUT2D eigenvalue weighted by molar-refractivity contribution is -0.138.